The number of hydrogen-bond acceptors (Lipinski definition) is 3. The van der Waals surface area contributed by atoms with Gasteiger partial charge in [0.25, 0.3) is 0 Å². The molecule has 0 fully saturated rings. The number of amides is 3. The molecule has 0 aliphatic carbocycles. The van der Waals surface area contributed by atoms with Crippen LogP contribution in [-0.4, -0.2) is 35.6 Å². The van der Waals surface area contributed by atoms with Crippen LogP contribution in [0.4, 0.5) is 10.5 Å². The van der Waals surface area contributed by atoms with Gasteiger partial charge in [-0.1, -0.05) is 32.0 Å². The smallest absolute Gasteiger partial charge is 0.326 e. The number of nitrogens with one attached hydrogen (secondary N) is 3. The van der Waals surface area contributed by atoms with E-state index in [0.717, 1.165) is 0 Å². The van der Waals surface area contributed by atoms with Crippen molar-refractivity contribution in [2.45, 2.75) is 19.9 Å². The van der Waals surface area contributed by atoms with E-state index in [2.05, 4.69) is 16.0 Å². The molecule has 0 aromatic heterocycles. The fourth-order valence-corrected chi connectivity index (χ4v) is 1.60. The van der Waals surface area contributed by atoms with Crippen LogP contribution in [-0.2, 0) is 9.59 Å². The van der Waals surface area contributed by atoms with Crippen LogP contribution in [0.1, 0.15) is 13.8 Å². The average Bonchev–Trinajstić information content (AvgIpc) is 2.43. The van der Waals surface area contributed by atoms with Crippen LogP contribution in [0.5, 0.6) is 0 Å². The lowest BCUT2D eigenvalue weighted by molar-refractivity contribution is -0.142. The first-order valence-corrected chi connectivity index (χ1v) is 6.52. The second-order valence-electron chi connectivity index (χ2n) is 4.80. The maximum absolute atomic E-state index is 11.6. The van der Waals surface area contributed by atoms with E-state index in [9.17, 15) is 14.4 Å². The summed E-state index contributed by atoms with van der Waals surface area (Å²) < 4.78 is 0. The van der Waals surface area contributed by atoms with Crippen molar-refractivity contribution in [3.8, 4) is 0 Å². The molecule has 3 amide bonds. The number of hydrogen-bond donors (Lipinski definition) is 4. The van der Waals surface area contributed by atoms with Gasteiger partial charge in [0, 0.05) is 5.69 Å². The minimum Gasteiger partial charge on any atom is -0.480 e. The van der Waals surface area contributed by atoms with Crippen molar-refractivity contribution >= 4 is 23.6 Å². The van der Waals surface area contributed by atoms with Crippen LogP contribution in [0.2, 0.25) is 0 Å². The molecule has 1 aromatic carbocycles. The Hall–Kier alpha value is -2.57. The van der Waals surface area contributed by atoms with Gasteiger partial charge < -0.3 is 21.1 Å². The summed E-state index contributed by atoms with van der Waals surface area (Å²) >= 11 is 0. The highest BCUT2D eigenvalue weighted by atomic mass is 16.4. The average molecular weight is 293 g/mol. The van der Waals surface area contributed by atoms with E-state index in [1.54, 1.807) is 38.1 Å². The van der Waals surface area contributed by atoms with Gasteiger partial charge in [-0.25, -0.2) is 9.59 Å². The van der Waals surface area contributed by atoms with Gasteiger partial charge in [0.2, 0.25) is 5.91 Å². The van der Waals surface area contributed by atoms with Gasteiger partial charge in [0.15, 0.2) is 0 Å². The maximum Gasteiger partial charge on any atom is 0.326 e. The maximum atomic E-state index is 11.6. The fraction of sp³-hybridized carbons (Fsp3) is 0.357. The zero-order valence-corrected chi connectivity index (χ0v) is 11.9. The van der Waals surface area contributed by atoms with E-state index in [0.29, 0.717) is 5.69 Å². The molecule has 1 rings (SSSR count). The third-order valence-corrected chi connectivity index (χ3v) is 2.69. The lowest BCUT2D eigenvalue weighted by Gasteiger charge is -2.18. The van der Waals surface area contributed by atoms with Gasteiger partial charge in [0.1, 0.15) is 6.04 Å². The Morgan fingerprint density at radius 2 is 1.76 bits per heavy atom. The molecule has 4 N–H and O–H groups in total. The Bertz CT molecular complexity index is 502. The van der Waals surface area contributed by atoms with E-state index in [1.807, 2.05) is 6.07 Å². The second kappa shape index (κ2) is 7.88. The SMILES string of the molecule is CC(C)C(NC(=O)CNC(=O)Nc1ccccc1)C(=O)O. The Morgan fingerprint density at radius 3 is 2.29 bits per heavy atom. The van der Waals surface area contributed by atoms with Crippen LogP contribution < -0.4 is 16.0 Å². The van der Waals surface area contributed by atoms with Crippen LogP contribution in [0.25, 0.3) is 0 Å². The topological polar surface area (TPSA) is 108 Å². The van der Waals surface area contributed by atoms with E-state index >= 15 is 0 Å². The standard InChI is InChI=1S/C14H19N3O4/c1-9(2)12(13(19)20)17-11(18)8-15-14(21)16-10-6-4-3-5-7-10/h3-7,9,12H,8H2,1-2H3,(H,17,18)(H,19,20)(H2,15,16,21). The molecule has 0 bridgehead atoms. The lowest BCUT2D eigenvalue weighted by atomic mass is 10.1. The minimum atomic E-state index is -1.10. The van der Waals surface area contributed by atoms with Crippen LogP contribution in [0.15, 0.2) is 30.3 Å². The second-order valence-corrected chi connectivity index (χ2v) is 4.80. The highest BCUT2D eigenvalue weighted by molar-refractivity contribution is 5.93. The summed E-state index contributed by atoms with van der Waals surface area (Å²) in [4.78, 5) is 34.1. The Morgan fingerprint density at radius 1 is 1.14 bits per heavy atom. The molecular weight excluding hydrogens is 274 g/mol. The van der Waals surface area contributed by atoms with Crippen LogP contribution in [0, 0.1) is 5.92 Å². The summed E-state index contributed by atoms with van der Waals surface area (Å²) in [6.07, 6.45) is 0. The summed E-state index contributed by atoms with van der Waals surface area (Å²) in [6, 6.07) is 7.25. The third-order valence-electron chi connectivity index (χ3n) is 2.69. The quantitative estimate of drug-likeness (QED) is 0.628. The Labute approximate surface area is 122 Å². The van der Waals surface area contributed by atoms with Crippen molar-refractivity contribution < 1.29 is 19.5 Å². The third kappa shape index (κ3) is 5.94. The fourth-order valence-electron chi connectivity index (χ4n) is 1.60. The number of para-hydroxylation sites is 1. The molecule has 0 spiro atoms. The van der Waals surface area contributed by atoms with E-state index in [4.69, 9.17) is 5.11 Å². The minimum absolute atomic E-state index is 0.246. The molecule has 1 atom stereocenters. The van der Waals surface area contributed by atoms with Crippen molar-refractivity contribution in [1.82, 2.24) is 10.6 Å². The Kier molecular flexibility index (Phi) is 6.19. The van der Waals surface area contributed by atoms with Gasteiger partial charge in [-0.05, 0) is 18.1 Å². The largest absolute Gasteiger partial charge is 0.480 e. The zero-order valence-electron chi connectivity index (χ0n) is 11.9. The first-order chi connectivity index (χ1) is 9.90. The molecule has 0 saturated carbocycles. The van der Waals surface area contributed by atoms with Gasteiger partial charge in [-0.15, -0.1) is 0 Å². The van der Waals surface area contributed by atoms with E-state index < -0.39 is 23.9 Å². The molecule has 114 valence electrons. The lowest BCUT2D eigenvalue weighted by Crippen LogP contribution is -2.48. The molecule has 0 aliphatic heterocycles. The van der Waals surface area contributed by atoms with Crippen molar-refractivity contribution in [1.29, 1.82) is 0 Å². The predicted octanol–water partition coefficient (Wildman–Crippen LogP) is 1.03. The molecule has 7 nitrogen and oxygen atoms in total. The van der Waals surface area contributed by atoms with Crippen molar-refractivity contribution in [2.75, 3.05) is 11.9 Å². The molecule has 7 heteroatoms. The molecule has 1 unspecified atom stereocenters. The number of carboxylic acids is 1. The van der Waals surface area contributed by atoms with Crippen molar-refractivity contribution in [2.24, 2.45) is 5.92 Å². The molecule has 0 heterocycles. The monoisotopic (exact) mass is 293 g/mol. The van der Waals surface area contributed by atoms with Gasteiger partial charge in [-0.3, -0.25) is 4.79 Å². The van der Waals surface area contributed by atoms with Crippen molar-refractivity contribution in [3.05, 3.63) is 30.3 Å². The molecule has 0 aliphatic rings. The summed E-state index contributed by atoms with van der Waals surface area (Å²) in [7, 11) is 0. The van der Waals surface area contributed by atoms with E-state index in [-0.39, 0.29) is 12.5 Å². The molecule has 0 radical (unpaired) electrons. The van der Waals surface area contributed by atoms with Gasteiger partial charge in [-0.2, -0.15) is 0 Å². The number of benzene rings is 1. The molecule has 21 heavy (non-hydrogen) atoms. The van der Waals surface area contributed by atoms with Crippen molar-refractivity contribution in [3.63, 3.8) is 0 Å². The van der Waals surface area contributed by atoms with Gasteiger partial charge >= 0.3 is 12.0 Å². The normalized spacial score (nSPS) is 11.6. The summed E-state index contributed by atoms with van der Waals surface area (Å²) in [5.74, 6) is -1.91. The number of carbonyl (C=O) groups excluding carboxylic acids is 2. The molecule has 0 saturated heterocycles. The van der Waals surface area contributed by atoms with Crippen LogP contribution in [0.3, 0.4) is 0 Å². The molecular formula is C14H19N3O4. The van der Waals surface area contributed by atoms with Gasteiger partial charge in [0.05, 0.1) is 6.54 Å². The number of anilines is 1. The summed E-state index contributed by atoms with van der Waals surface area (Å²) in [5, 5.41) is 16.2. The highest BCUT2D eigenvalue weighted by Crippen LogP contribution is 2.04. The number of aliphatic carboxylic acids is 1. The number of carbonyl (C=O) groups is 3. The number of rotatable bonds is 6. The predicted molar refractivity (Wildman–Crippen MR) is 77.9 cm³/mol. The summed E-state index contributed by atoms with van der Waals surface area (Å²) in [6.45, 7) is 3.08. The number of urea groups is 1. The number of carboxylic acid groups (broad SMARTS) is 1. The Balaban J connectivity index is 2.39. The highest BCUT2D eigenvalue weighted by Gasteiger charge is 2.23. The molecule has 1 aromatic rings. The van der Waals surface area contributed by atoms with E-state index in [1.165, 1.54) is 0 Å². The first-order valence-electron chi connectivity index (χ1n) is 6.52. The summed E-state index contributed by atoms with van der Waals surface area (Å²) in [5.41, 5.74) is 0.598. The first kappa shape index (κ1) is 16.5. The zero-order chi connectivity index (χ0) is 15.8. The van der Waals surface area contributed by atoms with Crippen LogP contribution >= 0.6 is 0 Å².